The number of hydrogen-bond acceptors (Lipinski definition) is 8. The van der Waals surface area contributed by atoms with Crippen molar-refractivity contribution in [2.45, 2.75) is 0 Å². The highest BCUT2D eigenvalue weighted by atomic mass is 32.1. The molecule has 186 valence electrons. The molecule has 2 aromatic heterocycles. The molecule has 0 aliphatic rings. The van der Waals surface area contributed by atoms with E-state index in [-0.39, 0.29) is 18.1 Å². The summed E-state index contributed by atoms with van der Waals surface area (Å²) in [6.07, 6.45) is 0. The van der Waals surface area contributed by atoms with Gasteiger partial charge in [0.15, 0.2) is 17.3 Å². The maximum atomic E-state index is 14.2. The van der Waals surface area contributed by atoms with Gasteiger partial charge in [0.05, 0.1) is 25.5 Å². The molecule has 0 spiro atoms. The van der Waals surface area contributed by atoms with Crippen LogP contribution in [0.2, 0.25) is 0 Å². The number of rotatable bonds is 10. The van der Waals surface area contributed by atoms with Crippen LogP contribution in [0.25, 0.3) is 21.3 Å². The molecule has 0 radical (unpaired) electrons. The molecule has 0 fully saturated rings. The van der Waals surface area contributed by atoms with Gasteiger partial charge in [-0.25, -0.2) is 9.37 Å². The van der Waals surface area contributed by atoms with Gasteiger partial charge in [0, 0.05) is 28.4 Å². The summed E-state index contributed by atoms with van der Waals surface area (Å²) in [5.74, 6) is 0.111. The summed E-state index contributed by atoms with van der Waals surface area (Å²) in [5, 5.41) is 5.07. The summed E-state index contributed by atoms with van der Waals surface area (Å²) < 4.78 is 30.9. The quantitative estimate of drug-likeness (QED) is 0.310. The first-order chi connectivity index (χ1) is 17.5. The highest BCUT2D eigenvalue weighted by Gasteiger charge is 2.19. The van der Waals surface area contributed by atoms with Gasteiger partial charge in [0.25, 0.3) is 5.91 Å². The molecule has 0 aliphatic carbocycles. The van der Waals surface area contributed by atoms with Crippen LogP contribution in [-0.4, -0.2) is 50.6 Å². The minimum atomic E-state index is -0.458. The fourth-order valence-corrected chi connectivity index (χ4v) is 4.57. The normalized spacial score (nSPS) is 10.8. The SMILES string of the molecule is COc1cc(C(=O)NCC(=O)c2ccc(OC)c(-c3csc4c(F)cccc34)n2)ccc1OCCN. The van der Waals surface area contributed by atoms with Gasteiger partial charge in [-0.05, 0) is 36.4 Å². The summed E-state index contributed by atoms with van der Waals surface area (Å²) >= 11 is 1.25. The van der Waals surface area contributed by atoms with Gasteiger partial charge >= 0.3 is 0 Å². The van der Waals surface area contributed by atoms with Crippen LogP contribution in [-0.2, 0) is 0 Å². The molecule has 0 unspecified atom stereocenters. The maximum Gasteiger partial charge on any atom is 0.251 e. The first kappa shape index (κ1) is 25.1. The number of fused-ring (bicyclic) bond motifs is 1. The lowest BCUT2D eigenvalue weighted by Crippen LogP contribution is -2.30. The summed E-state index contributed by atoms with van der Waals surface area (Å²) in [6.45, 7) is 0.377. The number of amides is 1. The van der Waals surface area contributed by atoms with Crippen LogP contribution in [0.1, 0.15) is 20.8 Å². The predicted molar refractivity (Wildman–Crippen MR) is 136 cm³/mol. The van der Waals surface area contributed by atoms with E-state index in [0.29, 0.717) is 57.3 Å². The minimum Gasteiger partial charge on any atom is -0.494 e. The van der Waals surface area contributed by atoms with E-state index >= 15 is 0 Å². The van der Waals surface area contributed by atoms with Crippen LogP contribution in [0.5, 0.6) is 17.2 Å². The number of nitrogens with two attached hydrogens (primary N) is 1. The second-order valence-electron chi connectivity index (χ2n) is 7.62. The summed E-state index contributed by atoms with van der Waals surface area (Å²) in [7, 11) is 2.96. The van der Waals surface area contributed by atoms with E-state index in [4.69, 9.17) is 19.9 Å². The summed E-state index contributed by atoms with van der Waals surface area (Å²) in [6, 6.07) is 12.7. The van der Waals surface area contributed by atoms with Crippen LogP contribution in [0, 0.1) is 5.82 Å². The molecule has 8 nitrogen and oxygen atoms in total. The monoisotopic (exact) mass is 509 g/mol. The van der Waals surface area contributed by atoms with Crippen LogP contribution >= 0.6 is 11.3 Å². The van der Waals surface area contributed by atoms with E-state index in [9.17, 15) is 14.0 Å². The highest BCUT2D eigenvalue weighted by Crippen LogP contribution is 2.38. The number of nitrogens with zero attached hydrogens (tertiary/aromatic N) is 1. The predicted octanol–water partition coefficient (Wildman–Crippen LogP) is 4.07. The molecule has 0 saturated carbocycles. The van der Waals surface area contributed by atoms with E-state index < -0.39 is 11.7 Å². The number of pyridine rings is 1. The second kappa shape index (κ2) is 11.1. The van der Waals surface area contributed by atoms with Crippen molar-refractivity contribution in [1.29, 1.82) is 0 Å². The van der Waals surface area contributed by atoms with Crippen molar-refractivity contribution in [2.75, 3.05) is 33.9 Å². The highest BCUT2D eigenvalue weighted by molar-refractivity contribution is 7.17. The van der Waals surface area contributed by atoms with Crippen LogP contribution in [0.4, 0.5) is 4.39 Å². The number of carbonyl (C=O) groups is 2. The van der Waals surface area contributed by atoms with Crippen molar-refractivity contribution >= 4 is 33.1 Å². The molecule has 4 aromatic rings. The number of hydrogen-bond donors (Lipinski definition) is 2. The zero-order valence-corrected chi connectivity index (χ0v) is 20.5. The van der Waals surface area contributed by atoms with Crippen molar-refractivity contribution in [3.05, 3.63) is 71.0 Å². The molecule has 3 N–H and O–H groups in total. The molecular formula is C26H24FN3O5S. The number of ether oxygens (including phenoxy) is 3. The third-order valence-corrected chi connectivity index (χ3v) is 6.39. The van der Waals surface area contributed by atoms with Gasteiger partial charge in [-0.2, -0.15) is 0 Å². The number of carbonyl (C=O) groups excluding carboxylic acids is 2. The fraction of sp³-hybridized carbons (Fsp3) is 0.192. The molecule has 10 heteroatoms. The molecule has 2 heterocycles. The van der Waals surface area contributed by atoms with Crippen LogP contribution < -0.4 is 25.3 Å². The van der Waals surface area contributed by atoms with E-state index in [1.165, 1.54) is 43.8 Å². The lowest BCUT2D eigenvalue weighted by atomic mass is 10.1. The molecule has 4 rings (SSSR count). The first-order valence-corrected chi connectivity index (χ1v) is 11.9. The molecule has 0 saturated heterocycles. The standard InChI is InChI=1S/C26H24FN3O5S/c1-33-22-9-7-19(30-24(22)17-14-36-25-16(17)4-3-5-18(25)27)20(31)13-29-26(32)15-6-8-21(35-11-10-28)23(12-15)34-2/h3-9,12,14H,10-11,13,28H2,1-2H3,(H,29,32). The number of methoxy groups -OCH3 is 2. The van der Waals surface area contributed by atoms with Crippen molar-refractivity contribution in [1.82, 2.24) is 10.3 Å². The number of Topliss-reactive ketones (excluding diaryl/α,β-unsaturated/α-hetero) is 1. The van der Waals surface area contributed by atoms with E-state index in [1.807, 2.05) is 0 Å². The Morgan fingerprint density at radius 3 is 2.58 bits per heavy atom. The Morgan fingerprint density at radius 2 is 1.83 bits per heavy atom. The number of nitrogens with one attached hydrogen (secondary N) is 1. The summed E-state index contributed by atoms with van der Waals surface area (Å²) in [4.78, 5) is 30.0. The van der Waals surface area contributed by atoms with Crippen LogP contribution in [0.15, 0.2) is 53.9 Å². The van der Waals surface area contributed by atoms with E-state index in [1.54, 1.807) is 35.7 Å². The lowest BCUT2D eigenvalue weighted by Gasteiger charge is -2.12. The molecule has 36 heavy (non-hydrogen) atoms. The smallest absolute Gasteiger partial charge is 0.251 e. The van der Waals surface area contributed by atoms with Crippen molar-refractivity contribution in [3.63, 3.8) is 0 Å². The van der Waals surface area contributed by atoms with E-state index in [2.05, 4.69) is 10.3 Å². The molecule has 0 bridgehead atoms. The average Bonchev–Trinajstić information content (AvgIpc) is 3.35. The molecule has 1 amide bonds. The van der Waals surface area contributed by atoms with E-state index in [0.717, 1.165) is 0 Å². The second-order valence-corrected chi connectivity index (χ2v) is 8.50. The average molecular weight is 510 g/mol. The lowest BCUT2D eigenvalue weighted by molar-refractivity contribution is 0.0902. The van der Waals surface area contributed by atoms with Crippen molar-refractivity contribution in [3.8, 4) is 28.5 Å². The Morgan fingerprint density at radius 1 is 1.06 bits per heavy atom. The van der Waals surface area contributed by atoms with Crippen LogP contribution in [0.3, 0.4) is 0 Å². The Bertz CT molecular complexity index is 1420. The maximum absolute atomic E-state index is 14.2. The molecular weight excluding hydrogens is 485 g/mol. The molecule has 2 aromatic carbocycles. The number of thiophene rings is 1. The Kier molecular flexibility index (Phi) is 7.77. The summed E-state index contributed by atoms with van der Waals surface area (Å²) in [5.41, 5.74) is 6.98. The Balaban J connectivity index is 1.52. The largest absolute Gasteiger partial charge is 0.494 e. The number of benzene rings is 2. The zero-order valence-electron chi connectivity index (χ0n) is 19.7. The minimum absolute atomic E-state index is 0.143. The Labute approximate surface area is 210 Å². The van der Waals surface area contributed by atoms with Gasteiger partial charge in [0.2, 0.25) is 0 Å². The fourth-order valence-electron chi connectivity index (χ4n) is 3.61. The van der Waals surface area contributed by atoms with Gasteiger partial charge in [-0.1, -0.05) is 12.1 Å². The number of ketones is 1. The number of halogens is 1. The van der Waals surface area contributed by atoms with Crippen molar-refractivity contribution in [2.24, 2.45) is 5.73 Å². The third-order valence-electron chi connectivity index (χ3n) is 5.38. The molecule has 0 aliphatic heterocycles. The Hall–Kier alpha value is -4.02. The van der Waals surface area contributed by atoms with Gasteiger partial charge in [-0.3, -0.25) is 9.59 Å². The van der Waals surface area contributed by atoms with Gasteiger partial charge < -0.3 is 25.3 Å². The zero-order chi connectivity index (χ0) is 25.7. The topological polar surface area (TPSA) is 113 Å². The molecule has 0 atom stereocenters. The number of aromatic nitrogens is 1. The van der Waals surface area contributed by atoms with Gasteiger partial charge in [0.1, 0.15) is 29.6 Å². The van der Waals surface area contributed by atoms with Crippen molar-refractivity contribution < 1.29 is 28.2 Å². The third kappa shape index (κ3) is 5.14. The van der Waals surface area contributed by atoms with Gasteiger partial charge in [-0.15, -0.1) is 11.3 Å². The first-order valence-electron chi connectivity index (χ1n) is 11.0.